The summed E-state index contributed by atoms with van der Waals surface area (Å²) in [7, 11) is 0. The van der Waals surface area contributed by atoms with Crippen LogP contribution in [0.4, 0.5) is 17.5 Å². The van der Waals surface area contributed by atoms with Crippen LogP contribution >= 0.6 is 0 Å². The second-order valence-corrected chi connectivity index (χ2v) is 6.02. The quantitative estimate of drug-likeness (QED) is 0.748. The van der Waals surface area contributed by atoms with Gasteiger partial charge in [-0.05, 0) is 37.6 Å². The molecule has 0 spiro atoms. The maximum Gasteiger partial charge on any atom is 0.229 e. The molecule has 0 fully saturated rings. The van der Waals surface area contributed by atoms with E-state index in [4.69, 9.17) is 0 Å². The minimum atomic E-state index is -0.0241. The lowest BCUT2D eigenvalue weighted by atomic mass is 10.1. The Morgan fingerprint density at radius 2 is 2.08 bits per heavy atom. The Bertz CT molecular complexity index is 914. The third-order valence-electron chi connectivity index (χ3n) is 4.09. The van der Waals surface area contributed by atoms with Crippen LogP contribution in [-0.2, 0) is 11.2 Å². The summed E-state index contributed by atoms with van der Waals surface area (Å²) in [5.74, 6) is 1.17. The average Bonchev–Trinajstić information content (AvgIpc) is 3.04. The van der Waals surface area contributed by atoms with E-state index in [1.54, 1.807) is 6.20 Å². The highest BCUT2D eigenvalue weighted by Gasteiger charge is 2.12. The fourth-order valence-corrected chi connectivity index (χ4v) is 2.58. The largest absolute Gasteiger partial charge is 0.340 e. The molecule has 0 unspecified atom stereocenters. The predicted octanol–water partition coefficient (Wildman–Crippen LogP) is 3.60. The molecule has 6 heteroatoms. The van der Waals surface area contributed by atoms with E-state index in [0.29, 0.717) is 24.7 Å². The summed E-state index contributed by atoms with van der Waals surface area (Å²) in [6.45, 7) is 8.10. The number of carbonyl (C=O) groups excluding carboxylic acids is 1. The zero-order valence-corrected chi connectivity index (χ0v) is 14.9. The molecule has 1 aliphatic heterocycles. The van der Waals surface area contributed by atoms with Crippen LogP contribution in [0.2, 0.25) is 0 Å². The maximum atomic E-state index is 11.7. The molecule has 0 saturated heterocycles. The summed E-state index contributed by atoms with van der Waals surface area (Å²) in [6, 6.07) is 7.67. The molecule has 2 aromatic rings. The molecule has 6 nitrogen and oxygen atoms in total. The lowest BCUT2D eigenvalue weighted by molar-refractivity contribution is -0.114. The summed E-state index contributed by atoms with van der Waals surface area (Å²) in [6.07, 6.45) is 5.40. The number of rotatable bonds is 7. The molecule has 3 rings (SSSR count). The Morgan fingerprint density at radius 1 is 1.27 bits per heavy atom. The zero-order chi connectivity index (χ0) is 18.5. The fraction of sp³-hybridized carbons (Fsp3) is 0.200. The molecule has 26 heavy (non-hydrogen) atoms. The minimum absolute atomic E-state index is 0.0241. The van der Waals surface area contributed by atoms with Gasteiger partial charge in [-0.15, -0.1) is 0 Å². The number of allylic oxidation sites excluding steroid dienone is 2. The molecule has 132 valence electrons. The highest BCUT2D eigenvalue weighted by molar-refractivity contribution is 6.02. The number of aromatic nitrogens is 2. The lowest BCUT2D eigenvalue weighted by Crippen LogP contribution is -2.10. The van der Waals surface area contributed by atoms with Gasteiger partial charge in [-0.1, -0.05) is 24.8 Å². The van der Waals surface area contributed by atoms with E-state index in [1.165, 1.54) is 6.08 Å². The number of carbonyl (C=O) groups is 1. The second-order valence-electron chi connectivity index (χ2n) is 6.02. The Morgan fingerprint density at radius 3 is 2.81 bits per heavy atom. The van der Waals surface area contributed by atoms with Crippen molar-refractivity contribution in [2.24, 2.45) is 4.99 Å². The zero-order valence-electron chi connectivity index (χ0n) is 14.9. The van der Waals surface area contributed by atoms with Gasteiger partial charge >= 0.3 is 0 Å². The molecule has 0 saturated carbocycles. The molecule has 1 aliphatic rings. The van der Waals surface area contributed by atoms with E-state index in [0.717, 1.165) is 28.2 Å². The van der Waals surface area contributed by atoms with Gasteiger partial charge in [0.15, 0.2) is 5.78 Å². The number of nitrogens with one attached hydrogen (secondary N) is 2. The van der Waals surface area contributed by atoms with Crippen LogP contribution in [0.15, 0.2) is 59.9 Å². The predicted molar refractivity (Wildman–Crippen MR) is 105 cm³/mol. The highest BCUT2D eigenvalue weighted by atomic mass is 16.1. The summed E-state index contributed by atoms with van der Waals surface area (Å²) < 4.78 is 0. The van der Waals surface area contributed by atoms with Crippen LogP contribution in [-0.4, -0.2) is 28.0 Å². The third-order valence-corrected chi connectivity index (χ3v) is 4.09. The monoisotopic (exact) mass is 347 g/mol. The maximum absolute atomic E-state index is 11.7. The number of benzene rings is 1. The summed E-state index contributed by atoms with van der Waals surface area (Å²) in [5.41, 5.74) is 4.51. The number of ketones is 1. The summed E-state index contributed by atoms with van der Waals surface area (Å²) in [5, 5.41) is 6.52. The van der Waals surface area contributed by atoms with E-state index in [2.05, 4.69) is 32.2 Å². The molecule has 0 amide bonds. The minimum Gasteiger partial charge on any atom is -0.340 e. The first kappa shape index (κ1) is 17.5. The van der Waals surface area contributed by atoms with E-state index < -0.39 is 0 Å². The molecule has 2 heterocycles. The molecule has 0 radical (unpaired) electrons. The van der Waals surface area contributed by atoms with E-state index in [-0.39, 0.29) is 5.78 Å². The van der Waals surface area contributed by atoms with E-state index in [1.807, 2.05) is 44.2 Å². The SMILES string of the molecule is C=CC(=O)Cc1ccccc1Nc1nc(NC2=CCN=C2C)ncc1C. The highest BCUT2D eigenvalue weighted by Crippen LogP contribution is 2.23. The number of aliphatic imine (C=N–C) groups is 1. The molecule has 1 aromatic carbocycles. The van der Waals surface area contributed by atoms with Gasteiger partial charge in [0, 0.05) is 23.9 Å². The Hall–Kier alpha value is -3.28. The molecule has 0 aliphatic carbocycles. The normalized spacial score (nSPS) is 13.0. The Labute approximate surface area is 152 Å². The van der Waals surface area contributed by atoms with Gasteiger partial charge in [0.25, 0.3) is 0 Å². The van der Waals surface area contributed by atoms with Gasteiger partial charge in [-0.25, -0.2) is 4.98 Å². The summed E-state index contributed by atoms with van der Waals surface area (Å²) in [4.78, 5) is 25.0. The van der Waals surface area contributed by atoms with Gasteiger partial charge in [0.2, 0.25) is 5.95 Å². The fourth-order valence-electron chi connectivity index (χ4n) is 2.58. The first-order chi connectivity index (χ1) is 12.6. The topological polar surface area (TPSA) is 79.3 Å². The molecular formula is C20H21N5O. The molecule has 0 atom stereocenters. The van der Waals surface area contributed by atoms with Gasteiger partial charge in [0.05, 0.1) is 18.0 Å². The third kappa shape index (κ3) is 4.03. The number of hydrogen-bond donors (Lipinski definition) is 2. The van der Waals surface area contributed by atoms with Crippen LogP contribution in [0.5, 0.6) is 0 Å². The number of nitrogens with zero attached hydrogens (tertiary/aromatic N) is 3. The van der Waals surface area contributed by atoms with Crippen molar-refractivity contribution in [2.75, 3.05) is 17.2 Å². The van der Waals surface area contributed by atoms with Crippen molar-refractivity contribution in [2.45, 2.75) is 20.3 Å². The number of anilines is 3. The second kappa shape index (κ2) is 7.74. The molecular weight excluding hydrogens is 326 g/mol. The van der Waals surface area contributed by atoms with Gasteiger partial charge in [0.1, 0.15) is 5.82 Å². The van der Waals surface area contributed by atoms with Crippen molar-refractivity contribution in [3.05, 3.63) is 66.0 Å². The Kier molecular flexibility index (Phi) is 5.22. The van der Waals surface area contributed by atoms with Gasteiger partial charge in [-0.2, -0.15) is 4.98 Å². The van der Waals surface area contributed by atoms with Crippen molar-refractivity contribution in [1.29, 1.82) is 0 Å². The van der Waals surface area contributed by atoms with Crippen molar-refractivity contribution in [3.63, 3.8) is 0 Å². The molecule has 1 aromatic heterocycles. The Balaban J connectivity index is 1.84. The lowest BCUT2D eigenvalue weighted by Gasteiger charge is -2.14. The van der Waals surface area contributed by atoms with E-state index >= 15 is 0 Å². The number of hydrogen-bond acceptors (Lipinski definition) is 6. The van der Waals surface area contributed by atoms with Crippen LogP contribution in [0, 0.1) is 6.92 Å². The van der Waals surface area contributed by atoms with Gasteiger partial charge in [-0.3, -0.25) is 9.79 Å². The molecule has 2 N–H and O–H groups in total. The van der Waals surface area contributed by atoms with Crippen molar-refractivity contribution >= 4 is 28.9 Å². The van der Waals surface area contributed by atoms with Crippen LogP contribution in [0.3, 0.4) is 0 Å². The standard InChI is InChI=1S/C20H21N5O/c1-4-16(26)11-15-7-5-6-8-18(15)23-19-13(2)12-22-20(25-19)24-17-9-10-21-14(17)3/h4-9,12H,1,10-11H2,2-3H3,(H2,22,23,24,25). The van der Waals surface area contributed by atoms with Crippen LogP contribution in [0.25, 0.3) is 0 Å². The first-order valence-electron chi connectivity index (χ1n) is 8.39. The van der Waals surface area contributed by atoms with Crippen molar-refractivity contribution in [3.8, 4) is 0 Å². The van der Waals surface area contributed by atoms with Gasteiger partial charge < -0.3 is 10.6 Å². The number of aryl methyl sites for hydroxylation is 1. The average molecular weight is 347 g/mol. The van der Waals surface area contributed by atoms with Crippen molar-refractivity contribution < 1.29 is 4.79 Å². The van der Waals surface area contributed by atoms with E-state index in [9.17, 15) is 4.79 Å². The summed E-state index contributed by atoms with van der Waals surface area (Å²) >= 11 is 0. The van der Waals surface area contributed by atoms with Crippen LogP contribution < -0.4 is 10.6 Å². The molecule has 0 bridgehead atoms. The van der Waals surface area contributed by atoms with Crippen molar-refractivity contribution in [1.82, 2.24) is 9.97 Å². The smallest absolute Gasteiger partial charge is 0.229 e. The number of para-hydroxylation sites is 1. The van der Waals surface area contributed by atoms with Crippen LogP contribution in [0.1, 0.15) is 18.1 Å². The first-order valence-corrected chi connectivity index (χ1v) is 8.39.